The highest BCUT2D eigenvalue weighted by molar-refractivity contribution is 8.27. The van der Waals surface area contributed by atoms with E-state index in [1.807, 2.05) is 56.3 Å². The van der Waals surface area contributed by atoms with Gasteiger partial charge in [-0.05, 0) is 72.6 Å². The van der Waals surface area contributed by atoms with E-state index in [1.54, 1.807) is 6.08 Å². The van der Waals surface area contributed by atoms with E-state index < -0.39 is 5.91 Å². The Morgan fingerprint density at radius 1 is 1.03 bits per heavy atom. The van der Waals surface area contributed by atoms with Crippen molar-refractivity contribution in [2.45, 2.75) is 27.7 Å². The molecule has 0 aliphatic carbocycles. The average molecular weight is 463 g/mol. The van der Waals surface area contributed by atoms with Gasteiger partial charge >= 0.3 is 0 Å². The van der Waals surface area contributed by atoms with Crippen molar-refractivity contribution in [1.82, 2.24) is 5.01 Å². The van der Waals surface area contributed by atoms with Crippen LogP contribution < -0.4 is 9.47 Å². The van der Waals surface area contributed by atoms with E-state index in [4.69, 9.17) is 14.9 Å². The van der Waals surface area contributed by atoms with Crippen molar-refractivity contribution in [2.24, 2.45) is 16.0 Å². The summed E-state index contributed by atoms with van der Waals surface area (Å²) in [6.07, 6.45) is 1.66. The lowest BCUT2D eigenvalue weighted by Crippen LogP contribution is -2.35. The first-order chi connectivity index (χ1) is 15.8. The van der Waals surface area contributed by atoms with Crippen LogP contribution in [0.25, 0.3) is 6.08 Å². The van der Waals surface area contributed by atoms with E-state index in [0.717, 1.165) is 16.4 Å². The number of aryl methyl sites for hydroxylation is 2. The molecule has 0 bridgehead atoms. The quantitative estimate of drug-likeness (QED) is 0.460. The van der Waals surface area contributed by atoms with Gasteiger partial charge in [0.15, 0.2) is 5.84 Å². The number of amidine groups is 2. The second kappa shape index (κ2) is 9.62. The fraction of sp³-hybridized carbons (Fsp3) is 0.280. The summed E-state index contributed by atoms with van der Waals surface area (Å²) in [7, 11) is 0. The van der Waals surface area contributed by atoms with Gasteiger partial charge in [-0.1, -0.05) is 32.0 Å². The normalized spacial score (nSPS) is 16.8. The number of hydrogen-bond acceptors (Lipinski definition) is 6. The lowest BCUT2D eigenvalue weighted by molar-refractivity contribution is -0.114. The number of thioether (sulfide) groups is 1. The Balaban J connectivity index is 1.35. The summed E-state index contributed by atoms with van der Waals surface area (Å²) in [5, 5.41) is 15.6. The number of ether oxygens (including phenoxy) is 2. The van der Waals surface area contributed by atoms with E-state index in [9.17, 15) is 4.79 Å². The number of fused-ring (bicyclic) bond motifs is 1. The number of hydrogen-bond donors (Lipinski definition) is 1. The minimum absolute atomic E-state index is 0.0389. The Bertz CT molecular complexity index is 1180. The number of aliphatic imine (C=N–C) groups is 1. The molecule has 2 aromatic rings. The molecule has 0 unspecified atom stereocenters. The van der Waals surface area contributed by atoms with Crippen molar-refractivity contribution in [3.8, 4) is 11.5 Å². The number of rotatable bonds is 7. The Morgan fingerprint density at radius 3 is 2.36 bits per heavy atom. The Kier molecular flexibility index (Phi) is 6.65. The van der Waals surface area contributed by atoms with Gasteiger partial charge in [0.1, 0.15) is 29.8 Å². The average Bonchev–Trinajstić information content (AvgIpc) is 3.22. The summed E-state index contributed by atoms with van der Waals surface area (Å²) >= 11 is 1.34. The van der Waals surface area contributed by atoms with Crippen molar-refractivity contribution >= 4 is 39.8 Å². The summed E-state index contributed by atoms with van der Waals surface area (Å²) in [5.74, 6) is 1.35. The minimum atomic E-state index is -0.428. The van der Waals surface area contributed by atoms with Crippen LogP contribution in [0.15, 0.2) is 58.1 Å². The van der Waals surface area contributed by atoms with E-state index in [0.29, 0.717) is 24.1 Å². The van der Waals surface area contributed by atoms with E-state index in [2.05, 4.69) is 23.9 Å². The van der Waals surface area contributed by atoms with Crippen LogP contribution in [0.2, 0.25) is 0 Å². The summed E-state index contributed by atoms with van der Waals surface area (Å²) in [6.45, 7) is 9.02. The van der Waals surface area contributed by atoms with Crippen molar-refractivity contribution in [3.05, 3.63) is 64.7 Å². The SMILES string of the molecule is Cc1ccc(OCCOc2ccc(C=C3C(=N)N4N=C(C(C)C)SC4=NC3=O)cc2)cc1C. The van der Waals surface area contributed by atoms with Gasteiger partial charge in [-0.15, -0.1) is 0 Å². The van der Waals surface area contributed by atoms with Gasteiger partial charge < -0.3 is 9.47 Å². The first kappa shape index (κ1) is 22.8. The maximum atomic E-state index is 12.5. The summed E-state index contributed by atoms with van der Waals surface area (Å²) in [4.78, 5) is 16.6. The molecule has 1 N–H and O–H groups in total. The molecular formula is C25H26N4O3S. The summed E-state index contributed by atoms with van der Waals surface area (Å²) in [5.41, 5.74) is 3.42. The van der Waals surface area contributed by atoms with Gasteiger partial charge in [0, 0.05) is 5.92 Å². The lowest BCUT2D eigenvalue weighted by Gasteiger charge is -2.20. The maximum Gasteiger partial charge on any atom is 0.283 e. The molecule has 0 saturated heterocycles. The molecule has 1 amide bonds. The van der Waals surface area contributed by atoms with Crippen molar-refractivity contribution in [3.63, 3.8) is 0 Å². The largest absolute Gasteiger partial charge is 0.490 e. The molecule has 0 saturated carbocycles. The minimum Gasteiger partial charge on any atom is -0.490 e. The number of amides is 1. The molecule has 33 heavy (non-hydrogen) atoms. The molecule has 0 spiro atoms. The standard InChI is InChI=1S/C25H26N4O3S/c1-15(2)24-28-29-22(26)21(23(30)27-25(29)33-24)14-18-6-9-19(10-7-18)31-11-12-32-20-8-5-16(3)17(4)13-20/h5-10,13-15,26H,11-12H2,1-4H3. The highest BCUT2D eigenvalue weighted by atomic mass is 32.2. The summed E-state index contributed by atoms with van der Waals surface area (Å²) < 4.78 is 11.5. The fourth-order valence-electron chi connectivity index (χ4n) is 3.19. The van der Waals surface area contributed by atoms with Crippen LogP contribution in [0.4, 0.5) is 0 Å². The zero-order valence-corrected chi connectivity index (χ0v) is 19.9. The molecule has 2 aliphatic rings. The number of carbonyl (C=O) groups excluding carboxylic acids is 1. The lowest BCUT2D eigenvalue weighted by atomic mass is 10.1. The zero-order chi connectivity index (χ0) is 23.5. The Morgan fingerprint density at radius 2 is 1.70 bits per heavy atom. The molecule has 170 valence electrons. The van der Waals surface area contributed by atoms with Crippen LogP contribution in [-0.2, 0) is 4.79 Å². The fourth-order valence-corrected chi connectivity index (χ4v) is 4.08. The molecule has 0 atom stereocenters. The van der Waals surface area contributed by atoms with Gasteiger partial charge in [-0.2, -0.15) is 15.1 Å². The molecule has 7 nitrogen and oxygen atoms in total. The first-order valence-electron chi connectivity index (χ1n) is 10.7. The van der Waals surface area contributed by atoms with Crippen LogP contribution in [0.1, 0.15) is 30.5 Å². The van der Waals surface area contributed by atoms with E-state index >= 15 is 0 Å². The molecule has 4 rings (SSSR count). The van der Waals surface area contributed by atoms with Crippen LogP contribution in [-0.4, -0.2) is 40.2 Å². The zero-order valence-electron chi connectivity index (χ0n) is 19.1. The smallest absolute Gasteiger partial charge is 0.283 e. The van der Waals surface area contributed by atoms with Crippen LogP contribution in [0.5, 0.6) is 11.5 Å². The summed E-state index contributed by atoms with van der Waals surface area (Å²) in [6, 6.07) is 13.4. The molecule has 0 radical (unpaired) electrons. The highest BCUT2D eigenvalue weighted by Crippen LogP contribution is 2.30. The second-order valence-corrected chi connectivity index (χ2v) is 9.11. The third-order valence-corrected chi connectivity index (χ3v) is 6.46. The molecule has 2 heterocycles. The van der Waals surface area contributed by atoms with Gasteiger partial charge in [-0.3, -0.25) is 10.2 Å². The van der Waals surface area contributed by atoms with Gasteiger partial charge in [0.2, 0.25) is 5.17 Å². The number of hydrazone groups is 1. The number of carbonyl (C=O) groups is 1. The topological polar surface area (TPSA) is 87.3 Å². The van der Waals surface area contributed by atoms with Crippen LogP contribution in [0, 0.1) is 25.2 Å². The van der Waals surface area contributed by atoms with Crippen molar-refractivity contribution in [2.75, 3.05) is 13.2 Å². The monoisotopic (exact) mass is 462 g/mol. The van der Waals surface area contributed by atoms with Crippen molar-refractivity contribution in [1.29, 1.82) is 5.41 Å². The number of benzene rings is 2. The third kappa shape index (κ3) is 5.17. The molecule has 8 heteroatoms. The molecular weight excluding hydrogens is 436 g/mol. The van der Waals surface area contributed by atoms with Crippen LogP contribution >= 0.6 is 11.8 Å². The van der Waals surface area contributed by atoms with Crippen LogP contribution in [0.3, 0.4) is 0 Å². The van der Waals surface area contributed by atoms with Gasteiger partial charge in [0.05, 0.1) is 5.57 Å². The second-order valence-electron chi connectivity index (χ2n) is 8.12. The Labute approximate surface area is 197 Å². The molecule has 2 aromatic carbocycles. The predicted molar refractivity (Wildman–Crippen MR) is 133 cm³/mol. The Hall–Kier alpha value is -3.39. The van der Waals surface area contributed by atoms with Gasteiger partial charge in [0.25, 0.3) is 5.91 Å². The highest BCUT2D eigenvalue weighted by Gasteiger charge is 2.36. The first-order valence-corrected chi connectivity index (χ1v) is 11.6. The van der Waals surface area contributed by atoms with Gasteiger partial charge in [-0.25, -0.2) is 0 Å². The van der Waals surface area contributed by atoms with E-state index in [1.165, 1.54) is 27.9 Å². The molecule has 0 aromatic heterocycles. The maximum absolute atomic E-state index is 12.5. The van der Waals surface area contributed by atoms with Crippen molar-refractivity contribution < 1.29 is 14.3 Å². The number of nitrogens with zero attached hydrogens (tertiary/aromatic N) is 3. The molecule has 0 fully saturated rings. The molecule has 2 aliphatic heterocycles. The number of nitrogens with one attached hydrogen (secondary N) is 1. The van der Waals surface area contributed by atoms with E-state index in [-0.39, 0.29) is 17.3 Å². The third-order valence-electron chi connectivity index (χ3n) is 5.25. The predicted octanol–water partition coefficient (Wildman–Crippen LogP) is 5.04.